The Bertz CT molecular complexity index is 570. The summed E-state index contributed by atoms with van der Waals surface area (Å²) in [5.41, 5.74) is 0.769. The van der Waals surface area contributed by atoms with Crippen molar-refractivity contribution in [3.8, 4) is 5.75 Å². The van der Waals surface area contributed by atoms with Crippen LogP contribution in [0.2, 0.25) is 0 Å². The molecule has 1 aromatic rings. The summed E-state index contributed by atoms with van der Waals surface area (Å²) in [6, 6.07) is 4.62. The number of carbonyl (C=O) groups is 1. The Morgan fingerprint density at radius 3 is 3.00 bits per heavy atom. The first-order chi connectivity index (χ1) is 11.0. The van der Waals surface area contributed by atoms with Crippen LogP contribution in [0.1, 0.15) is 31.7 Å². The number of nitrogens with one attached hydrogen (secondary N) is 1. The van der Waals surface area contributed by atoms with E-state index in [0.717, 1.165) is 25.0 Å². The molecule has 7 nitrogen and oxygen atoms in total. The van der Waals surface area contributed by atoms with Crippen LogP contribution in [-0.4, -0.2) is 36.2 Å². The molecule has 0 radical (unpaired) electrons. The number of nitro groups is 1. The monoisotopic (exact) mass is 322 g/mol. The van der Waals surface area contributed by atoms with E-state index in [4.69, 9.17) is 9.47 Å². The van der Waals surface area contributed by atoms with Gasteiger partial charge in [0.05, 0.1) is 30.1 Å². The first-order valence-corrected chi connectivity index (χ1v) is 7.76. The predicted molar refractivity (Wildman–Crippen MR) is 84.5 cm³/mol. The maximum absolute atomic E-state index is 11.9. The molecule has 1 aromatic carbocycles. The lowest BCUT2D eigenvalue weighted by Crippen LogP contribution is -2.41. The molecule has 0 saturated carbocycles. The maximum Gasteiger partial charge on any atom is 0.310 e. The van der Waals surface area contributed by atoms with E-state index in [-0.39, 0.29) is 42.5 Å². The van der Waals surface area contributed by atoms with Crippen LogP contribution in [-0.2, 0) is 9.53 Å². The van der Waals surface area contributed by atoms with E-state index in [0.29, 0.717) is 0 Å². The van der Waals surface area contributed by atoms with Gasteiger partial charge in [-0.25, -0.2) is 0 Å². The third kappa shape index (κ3) is 4.92. The van der Waals surface area contributed by atoms with Crippen LogP contribution in [0.15, 0.2) is 18.2 Å². The molecule has 1 saturated heterocycles. The molecule has 0 bridgehead atoms. The first-order valence-electron chi connectivity index (χ1n) is 7.76. The minimum Gasteiger partial charge on any atom is -0.486 e. The zero-order chi connectivity index (χ0) is 16.8. The van der Waals surface area contributed by atoms with Crippen molar-refractivity contribution in [3.05, 3.63) is 33.9 Å². The number of ether oxygens (including phenoxy) is 2. The molecule has 1 fully saturated rings. The molecule has 1 heterocycles. The highest BCUT2D eigenvalue weighted by molar-refractivity contribution is 5.76. The van der Waals surface area contributed by atoms with E-state index in [2.05, 4.69) is 5.32 Å². The second-order valence-electron chi connectivity index (χ2n) is 5.73. The lowest BCUT2D eigenvalue weighted by atomic mass is 10.1. The van der Waals surface area contributed by atoms with Gasteiger partial charge in [-0.15, -0.1) is 0 Å². The Morgan fingerprint density at radius 2 is 2.35 bits per heavy atom. The highest BCUT2D eigenvalue weighted by Crippen LogP contribution is 2.27. The summed E-state index contributed by atoms with van der Waals surface area (Å²) in [5.74, 6) is 0.0401. The number of hydrogen-bond acceptors (Lipinski definition) is 5. The summed E-state index contributed by atoms with van der Waals surface area (Å²) in [5, 5.41) is 13.8. The van der Waals surface area contributed by atoms with Gasteiger partial charge in [-0.2, -0.15) is 0 Å². The number of carbonyl (C=O) groups excluding carboxylic acids is 1. The summed E-state index contributed by atoms with van der Waals surface area (Å²) in [6.45, 7) is 4.58. The van der Waals surface area contributed by atoms with E-state index in [9.17, 15) is 14.9 Å². The summed E-state index contributed by atoms with van der Waals surface area (Å²) in [6.07, 6.45) is 2.18. The number of benzene rings is 1. The zero-order valence-corrected chi connectivity index (χ0v) is 13.4. The summed E-state index contributed by atoms with van der Waals surface area (Å²) in [7, 11) is 0. The molecule has 2 atom stereocenters. The van der Waals surface area contributed by atoms with Gasteiger partial charge in [0, 0.05) is 12.7 Å². The fourth-order valence-electron chi connectivity index (χ4n) is 2.56. The van der Waals surface area contributed by atoms with Crippen LogP contribution in [0, 0.1) is 17.0 Å². The van der Waals surface area contributed by atoms with Crippen LogP contribution in [0.25, 0.3) is 0 Å². The van der Waals surface area contributed by atoms with Gasteiger partial charge in [-0.3, -0.25) is 14.9 Å². The molecule has 7 heteroatoms. The fourth-order valence-corrected chi connectivity index (χ4v) is 2.56. The van der Waals surface area contributed by atoms with Crippen molar-refractivity contribution >= 4 is 11.6 Å². The van der Waals surface area contributed by atoms with Gasteiger partial charge in [0.15, 0.2) is 5.75 Å². The number of rotatable bonds is 7. The highest BCUT2D eigenvalue weighted by Gasteiger charge is 2.23. The quantitative estimate of drug-likeness (QED) is 0.614. The van der Waals surface area contributed by atoms with Crippen molar-refractivity contribution in [1.29, 1.82) is 0 Å². The minimum absolute atomic E-state index is 0.0432. The van der Waals surface area contributed by atoms with Gasteiger partial charge in [-0.1, -0.05) is 6.07 Å². The average Bonchev–Trinajstić information content (AvgIpc) is 3.01. The molecule has 0 aliphatic carbocycles. The molecular weight excluding hydrogens is 300 g/mol. The van der Waals surface area contributed by atoms with Crippen LogP contribution in [0.5, 0.6) is 5.75 Å². The SMILES string of the molecule is Cc1ccc([N+](=O)[O-])c(OCCC(=O)N[C@H](C)[C@@H]2CCCO2)c1. The van der Waals surface area contributed by atoms with Gasteiger partial charge >= 0.3 is 5.69 Å². The smallest absolute Gasteiger partial charge is 0.310 e. The van der Waals surface area contributed by atoms with Crippen molar-refractivity contribution in [2.75, 3.05) is 13.2 Å². The molecular formula is C16H22N2O5. The predicted octanol–water partition coefficient (Wildman–Crippen LogP) is 2.36. The lowest BCUT2D eigenvalue weighted by molar-refractivity contribution is -0.385. The first kappa shape index (κ1) is 17.2. The number of amides is 1. The van der Waals surface area contributed by atoms with E-state index < -0.39 is 4.92 Å². The average molecular weight is 322 g/mol. The van der Waals surface area contributed by atoms with E-state index in [1.54, 1.807) is 12.1 Å². The zero-order valence-electron chi connectivity index (χ0n) is 13.4. The standard InChI is InChI=1S/C16H22N2O5/c1-11-5-6-13(18(20)21)15(10-11)23-9-7-16(19)17-12(2)14-4-3-8-22-14/h5-6,10,12,14H,3-4,7-9H2,1-2H3,(H,17,19)/t12-,14+/m1/s1. The Hall–Kier alpha value is -2.15. The largest absolute Gasteiger partial charge is 0.486 e. The molecule has 1 aliphatic rings. The Labute approximate surface area is 135 Å². The fraction of sp³-hybridized carbons (Fsp3) is 0.562. The van der Waals surface area contributed by atoms with Gasteiger partial charge in [0.2, 0.25) is 5.91 Å². The molecule has 0 unspecified atom stereocenters. The van der Waals surface area contributed by atoms with Gasteiger partial charge < -0.3 is 14.8 Å². The third-order valence-electron chi connectivity index (χ3n) is 3.81. The minimum atomic E-state index is -0.492. The molecule has 1 N–H and O–H groups in total. The molecule has 0 aromatic heterocycles. The van der Waals surface area contributed by atoms with Crippen molar-refractivity contribution in [2.45, 2.75) is 45.3 Å². The molecule has 0 spiro atoms. The van der Waals surface area contributed by atoms with Crippen LogP contribution in [0.4, 0.5) is 5.69 Å². The summed E-state index contributed by atoms with van der Waals surface area (Å²) < 4.78 is 10.9. The number of nitrogens with zero attached hydrogens (tertiary/aromatic N) is 1. The van der Waals surface area contributed by atoms with Crippen molar-refractivity contribution in [3.63, 3.8) is 0 Å². The van der Waals surface area contributed by atoms with Crippen LogP contribution < -0.4 is 10.1 Å². The maximum atomic E-state index is 11.9. The molecule has 2 rings (SSSR count). The summed E-state index contributed by atoms with van der Waals surface area (Å²) in [4.78, 5) is 22.4. The Kier molecular flexibility index (Phi) is 5.92. The second kappa shape index (κ2) is 7.92. The lowest BCUT2D eigenvalue weighted by Gasteiger charge is -2.20. The van der Waals surface area contributed by atoms with Crippen molar-refractivity contribution in [2.24, 2.45) is 0 Å². The van der Waals surface area contributed by atoms with E-state index >= 15 is 0 Å². The van der Waals surface area contributed by atoms with E-state index in [1.807, 2.05) is 13.8 Å². The van der Waals surface area contributed by atoms with E-state index in [1.165, 1.54) is 6.07 Å². The van der Waals surface area contributed by atoms with Gasteiger partial charge in [0.1, 0.15) is 0 Å². The van der Waals surface area contributed by atoms with Crippen LogP contribution >= 0.6 is 0 Å². The van der Waals surface area contributed by atoms with Crippen molar-refractivity contribution in [1.82, 2.24) is 5.32 Å². The van der Waals surface area contributed by atoms with Gasteiger partial charge in [-0.05, 0) is 38.3 Å². The highest BCUT2D eigenvalue weighted by atomic mass is 16.6. The number of aryl methyl sites for hydroxylation is 1. The van der Waals surface area contributed by atoms with Crippen LogP contribution in [0.3, 0.4) is 0 Å². The number of nitro benzene ring substituents is 1. The van der Waals surface area contributed by atoms with Crippen molar-refractivity contribution < 1.29 is 19.2 Å². The molecule has 1 amide bonds. The topological polar surface area (TPSA) is 90.7 Å². The number of hydrogen-bond donors (Lipinski definition) is 1. The second-order valence-corrected chi connectivity index (χ2v) is 5.73. The van der Waals surface area contributed by atoms with Gasteiger partial charge in [0.25, 0.3) is 0 Å². The Balaban J connectivity index is 1.81. The molecule has 126 valence electrons. The normalized spacial score (nSPS) is 18.4. The third-order valence-corrected chi connectivity index (χ3v) is 3.81. The molecule has 1 aliphatic heterocycles. The molecule has 23 heavy (non-hydrogen) atoms. The Morgan fingerprint density at radius 1 is 1.57 bits per heavy atom. The summed E-state index contributed by atoms with van der Waals surface area (Å²) >= 11 is 0.